The van der Waals surface area contributed by atoms with Gasteiger partial charge in [0.15, 0.2) is 5.11 Å². The first-order valence-electron chi connectivity index (χ1n) is 11.8. The molecule has 7 heteroatoms. The monoisotopic (exact) mass is 483 g/mol. The lowest BCUT2D eigenvalue weighted by Gasteiger charge is -2.28. The van der Waals surface area contributed by atoms with Crippen LogP contribution in [0.2, 0.25) is 0 Å². The van der Waals surface area contributed by atoms with E-state index in [1.54, 1.807) is 6.20 Å². The van der Waals surface area contributed by atoms with E-state index in [0.29, 0.717) is 18.1 Å². The average Bonchev–Trinajstić information content (AvgIpc) is 3.33. The summed E-state index contributed by atoms with van der Waals surface area (Å²) in [5.41, 5.74) is 5.33. The van der Waals surface area contributed by atoms with Gasteiger partial charge in [0.1, 0.15) is 0 Å². The molecule has 2 unspecified atom stereocenters. The molecule has 5 rings (SSSR count). The first-order valence-corrected chi connectivity index (χ1v) is 12.2. The van der Waals surface area contributed by atoms with Gasteiger partial charge in [-0.3, -0.25) is 9.78 Å². The fraction of sp³-hybridized carbons (Fsp3) is 0.250. The van der Waals surface area contributed by atoms with E-state index in [1.807, 2.05) is 60.7 Å². The second-order valence-corrected chi connectivity index (χ2v) is 9.42. The number of aryl methyl sites for hydroxylation is 1. The van der Waals surface area contributed by atoms with E-state index in [0.717, 1.165) is 22.2 Å². The maximum atomic E-state index is 13.0. The Hall–Kier alpha value is -3.71. The highest BCUT2D eigenvalue weighted by molar-refractivity contribution is 7.80. The molecule has 6 nitrogen and oxygen atoms in total. The Labute approximate surface area is 211 Å². The van der Waals surface area contributed by atoms with Crippen LogP contribution in [0.5, 0.6) is 0 Å². The van der Waals surface area contributed by atoms with Gasteiger partial charge < -0.3 is 20.1 Å². The molecule has 1 fully saturated rings. The first kappa shape index (κ1) is 23.1. The number of anilines is 1. The van der Waals surface area contributed by atoms with Crippen molar-refractivity contribution in [3.63, 3.8) is 0 Å². The molecule has 2 aromatic heterocycles. The number of pyridine rings is 1. The minimum Gasteiger partial charge on any atom is -0.352 e. The summed E-state index contributed by atoms with van der Waals surface area (Å²) in [5, 5.41) is 9.35. The van der Waals surface area contributed by atoms with E-state index in [1.165, 1.54) is 17.0 Å². The summed E-state index contributed by atoms with van der Waals surface area (Å²) < 4.78 is 2.19. The molecule has 0 saturated carbocycles. The zero-order chi connectivity index (χ0) is 24.5. The van der Waals surface area contributed by atoms with E-state index < -0.39 is 0 Å². The standard InChI is InChI=1S/C28H29N5OS/c1-18-17-22(19(2)32(18)3)27-26(24-12-6-7-15-29-24)31-28(35)33(27)16-14-25(34)30-23-13-8-10-20-9-4-5-11-21(20)23/h4-13,15,17,26-27H,14,16H2,1-3H3,(H,30,34)(H,31,35). The van der Waals surface area contributed by atoms with Gasteiger partial charge in [0.05, 0.1) is 17.8 Å². The number of thiocarbonyl (C=S) groups is 1. The smallest absolute Gasteiger partial charge is 0.226 e. The third kappa shape index (κ3) is 4.39. The molecule has 1 aliphatic heterocycles. The SMILES string of the molecule is Cc1cc(C2C(c3ccccn3)NC(=S)N2CCC(=O)Nc2cccc3ccccc23)c(C)n1C. The van der Waals surface area contributed by atoms with Crippen LogP contribution in [0.15, 0.2) is 72.9 Å². The molecular weight excluding hydrogens is 454 g/mol. The molecule has 2 aromatic carbocycles. The van der Waals surface area contributed by atoms with Crippen LogP contribution in [0.4, 0.5) is 5.69 Å². The molecule has 4 aromatic rings. The normalized spacial score (nSPS) is 17.6. The summed E-state index contributed by atoms with van der Waals surface area (Å²) in [6.45, 7) is 4.74. The van der Waals surface area contributed by atoms with Crippen molar-refractivity contribution in [3.05, 3.63) is 95.6 Å². The van der Waals surface area contributed by atoms with Gasteiger partial charge in [-0.15, -0.1) is 0 Å². The van der Waals surface area contributed by atoms with Crippen molar-refractivity contribution in [2.45, 2.75) is 32.4 Å². The summed E-state index contributed by atoms with van der Waals surface area (Å²) >= 11 is 5.77. The van der Waals surface area contributed by atoms with E-state index in [2.05, 4.69) is 52.0 Å². The third-order valence-corrected chi connectivity index (χ3v) is 7.33. The lowest BCUT2D eigenvalue weighted by Crippen LogP contribution is -2.32. The molecule has 1 amide bonds. The van der Waals surface area contributed by atoms with E-state index >= 15 is 0 Å². The third-order valence-electron chi connectivity index (χ3n) is 6.97. The number of nitrogens with zero attached hydrogens (tertiary/aromatic N) is 3. The van der Waals surface area contributed by atoms with Crippen molar-refractivity contribution >= 4 is 39.7 Å². The molecule has 3 heterocycles. The highest BCUT2D eigenvalue weighted by atomic mass is 32.1. The van der Waals surface area contributed by atoms with Gasteiger partial charge in [-0.2, -0.15) is 0 Å². The zero-order valence-electron chi connectivity index (χ0n) is 20.2. The Balaban J connectivity index is 1.39. The van der Waals surface area contributed by atoms with Gasteiger partial charge in [0.2, 0.25) is 5.91 Å². The minimum atomic E-state index is -0.0923. The quantitative estimate of drug-likeness (QED) is 0.370. The lowest BCUT2D eigenvalue weighted by atomic mass is 9.96. The maximum Gasteiger partial charge on any atom is 0.226 e. The first-order chi connectivity index (χ1) is 16.9. The Morgan fingerprint density at radius 3 is 2.60 bits per heavy atom. The predicted octanol–water partition coefficient (Wildman–Crippen LogP) is 5.19. The average molecular weight is 484 g/mol. The van der Waals surface area contributed by atoms with Crippen LogP contribution in [0.1, 0.15) is 41.1 Å². The lowest BCUT2D eigenvalue weighted by molar-refractivity contribution is -0.116. The van der Waals surface area contributed by atoms with E-state index in [9.17, 15) is 4.79 Å². The van der Waals surface area contributed by atoms with Crippen molar-refractivity contribution in [1.29, 1.82) is 0 Å². The molecule has 178 valence electrons. The maximum absolute atomic E-state index is 13.0. The molecule has 1 saturated heterocycles. The predicted molar refractivity (Wildman–Crippen MR) is 144 cm³/mol. The minimum absolute atomic E-state index is 0.0369. The molecule has 0 bridgehead atoms. The van der Waals surface area contributed by atoms with E-state index in [-0.39, 0.29) is 18.0 Å². The van der Waals surface area contributed by atoms with Crippen molar-refractivity contribution in [2.75, 3.05) is 11.9 Å². The van der Waals surface area contributed by atoms with Crippen molar-refractivity contribution in [3.8, 4) is 0 Å². The van der Waals surface area contributed by atoms with Crippen LogP contribution in [0.25, 0.3) is 10.8 Å². The number of hydrogen-bond acceptors (Lipinski definition) is 3. The zero-order valence-corrected chi connectivity index (χ0v) is 21.0. The molecule has 2 N–H and O–H groups in total. The van der Waals surface area contributed by atoms with E-state index in [4.69, 9.17) is 12.2 Å². The number of rotatable bonds is 6. The fourth-order valence-corrected chi connectivity index (χ4v) is 5.27. The molecule has 1 aliphatic rings. The van der Waals surface area contributed by atoms with Crippen LogP contribution < -0.4 is 10.6 Å². The number of nitrogens with one attached hydrogen (secondary N) is 2. The summed E-state index contributed by atoms with van der Waals surface area (Å²) in [4.78, 5) is 19.8. The Morgan fingerprint density at radius 1 is 1.09 bits per heavy atom. The fourth-order valence-electron chi connectivity index (χ4n) is 4.94. The van der Waals surface area contributed by atoms with Crippen LogP contribution in [0.3, 0.4) is 0 Å². The Morgan fingerprint density at radius 2 is 1.86 bits per heavy atom. The van der Waals surface area contributed by atoms with Gasteiger partial charge in [-0.05, 0) is 61.3 Å². The summed E-state index contributed by atoms with van der Waals surface area (Å²) in [7, 11) is 2.08. The highest BCUT2D eigenvalue weighted by Gasteiger charge is 2.41. The molecular formula is C28H29N5OS. The Kier molecular flexibility index (Phi) is 6.26. The Bertz CT molecular complexity index is 1390. The second kappa shape index (κ2) is 9.50. The number of carbonyl (C=O) groups is 1. The second-order valence-electron chi connectivity index (χ2n) is 9.03. The summed E-state index contributed by atoms with van der Waals surface area (Å²) in [6, 6.07) is 22.0. The van der Waals surface area contributed by atoms with Crippen LogP contribution in [-0.2, 0) is 11.8 Å². The van der Waals surface area contributed by atoms with Gasteiger partial charge in [0, 0.05) is 48.7 Å². The summed E-state index contributed by atoms with van der Waals surface area (Å²) in [5.74, 6) is -0.0369. The van der Waals surface area contributed by atoms with Crippen molar-refractivity contribution < 1.29 is 4.79 Å². The molecule has 0 radical (unpaired) electrons. The van der Waals surface area contributed by atoms with Crippen molar-refractivity contribution in [1.82, 2.24) is 19.8 Å². The number of carbonyl (C=O) groups excluding carboxylic acids is 1. The number of hydrogen-bond donors (Lipinski definition) is 2. The number of benzene rings is 2. The van der Waals surface area contributed by atoms with Crippen molar-refractivity contribution in [2.24, 2.45) is 7.05 Å². The van der Waals surface area contributed by atoms with Crippen LogP contribution >= 0.6 is 12.2 Å². The van der Waals surface area contributed by atoms with Gasteiger partial charge in [-0.1, -0.05) is 42.5 Å². The molecule has 35 heavy (non-hydrogen) atoms. The topological polar surface area (TPSA) is 62.2 Å². The van der Waals surface area contributed by atoms with Gasteiger partial charge in [-0.25, -0.2) is 0 Å². The number of aromatic nitrogens is 2. The van der Waals surface area contributed by atoms with Crippen LogP contribution in [-0.4, -0.2) is 32.0 Å². The highest BCUT2D eigenvalue weighted by Crippen LogP contribution is 2.40. The molecule has 2 atom stereocenters. The van der Waals surface area contributed by atoms with Crippen LogP contribution in [0, 0.1) is 13.8 Å². The largest absolute Gasteiger partial charge is 0.352 e. The van der Waals surface area contributed by atoms with Gasteiger partial charge in [0.25, 0.3) is 0 Å². The molecule has 0 spiro atoms. The summed E-state index contributed by atoms with van der Waals surface area (Å²) in [6.07, 6.45) is 2.13. The number of fused-ring (bicyclic) bond motifs is 1. The number of amides is 1. The van der Waals surface area contributed by atoms with Gasteiger partial charge >= 0.3 is 0 Å². The molecule has 0 aliphatic carbocycles.